The minimum absolute atomic E-state index is 0.0936. The quantitative estimate of drug-likeness (QED) is 0.607. The van der Waals surface area contributed by atoms with E-state index < -0.39 is 0 Å². The van der Waals surface area contributed by atoms with E-state index in [0.717, 1.165) is 0 Å². The number of ether oxygens (including phenoxy) is 1. The second-order valence-corrected chi connectivity index (χ2v) is 3.15. The molecule has 0 unspecified atom stereocenters. The standard InChI is InChI=1S/C5H2Cl4O/c6-2-1-10-5(9)4(8)3(2)7/h1H2. The molecule has 0 N–H and O–H groups in total. The highest BCUT2D eigenvalue weighted by molar-refractivity contribution is 6.50. The molecular weight excluding hydrogens is 218 g/mol. The summed E-state index contributed by atoms with van der Waals surface area (Å²) >= 11 is 22.2. The smallest absolute Gasteiger partial charge is 0.207 e. The van der Waals surface area contributed by atoms with Gasteiger partial charge in [0.1, 0.15) is 11.6 Å². The summed E-state index contributed by atoms with van der Waals surface area (Å²) in [6.07, 6.45) is 0. The lowest BCUT2D eigenvalue weighted by Gasteiger charge is -2.12. The predicted molar refractivity (Wildman–Crippen MR) is 43.4 cm³/mol. The molecule has 1 aliphatic heterocycles. The van der Waals surface area contributed by atoms with Gasteiger partial charge in [0.05, 0.1) is 10.1 Å². The van der Waals surface area contributed by atoms with Gasteiger partial charge in [-0.15, -0.1) is 0 Å². The molecule has 1 aliphatic rings. The molecule has 0 fully saturated rings. The minimum atomic E-state index is 0.0936. The Balaban J connectivity index is 3.01. The van der Waals surface area contributed by atoms with E-state index in [4.69, 9.17) is 51.1 Å². The van der Waals surface area contributed by atoms with Crippen molar-refractivity contribution in [2.45, 2.75) is 0 Å². The lowest BCUT2D eigenvalue weighted by atomic mass is 10.4. The third-order valence-corrected chi connectivity index (χ3v) is 2.59. The lowest BCUT2D eigenvalue weighted by molar-refractivity contribution is 0.265. The normalized spacial score (nSPS) is 19.6. The molecular formula is C5H2Cl4O. The Kier molecular flexibility index (Phi) is 2.75. The third kappa shape index (κ3) is 1.54. The Morgan fingerprint density at radius 2 is 1.60 bits per heavy atom. The topological polar surface area (TPSA) is 9.23 Å². The Morgan fingerprint density at radius 3 is 2.10 bits per heavy atom. The van der Waals surface area contributed by atoms with E-state index in [2.05, 4.69) is 0 Å². The molecule has 0 spiro atoms. The Bertz CT molecular complexity index is 194. The van der Waals surface area contributed by atoms with Gasteiger partial charge in [-0.05, 0) is 11.6 Å². The fraction of sp³-hybridized carbons (Fsp3) is 0.200. The molecule has 1 nitrogen and oxygen atoms in total. The maximum Gasteiger partial charge on any atom is 0.207 e. The second-order valence-electron chi connectivity index (χ2n) is 1.60. The highest BCUT2D eigenvalue weighted by Crippen LogP contribution is 2.34. The van der Waals surface area contributed by atoms with E-state index in [1.165, 1.54) is 0 Å². The van der Waals surface area contributed by atoms with Crippen molar-refractivity contribution in [3.63, 3.8) is 0 Å². The molecule has 1 heterocycles. The zero-order chi connectivity index (χ0) is 7.72. The first-order valence-corrected chi connectivity index (χ1v) is 3.86. The van der Waals surface area contributed by atoms with E-state index in [1.807, 2.05) is 0 Å². The number of halogens is 4. The van der Waals surface area contributed by atoms with Crippen LogP contribution in [0.25, 0.3) is 0 Å². The SMILES string of the molecule is ClC1=C(Cl)C(Cl)=C(Cl)OC1. The number of hydrogen-bond acceptors (Lipinski definition) is 1. The van der Waals surface area contributed by atoms with Crippen molar-refractivity contribution >= 4 is 46.4 Å². The second kappa shape index (κ2) is 3.22. The maximum atomic E-state index is 5.61. The molecule has 1 rings (SSSR count). The minimum Gasteiger partial charge on any atom is -0.476 e. The molecule has 0 radical (unpaired) electrons. The average molecular weight is 220 g/mol. The Labute approximate surface area is 78.1 Å². The van der Waals surface area contributed by atoms with Gasteiger partial charge < -0.3 is 4.74 Å². The molecule has 5 heteroatoms. The van der Waals surface area contributed by atoms with Gasteiger partial charge in [-0.1, -0.05) is 34.8 Å². The van der Waals surface area contributed by atoms with Crippen molar-refractivity contribution in [3.8, 4) is 0 Å². The van der Waals surface area contributed by atoms with Gasteiger partial charge in [0.2, 0.25) is 5.22 Å². The van der Waals surface area contributed by atoms with Crippen LogP contribution in [0, 0.1) is 0 Å². The summed E-state index contributed by atoms with van der Waals surface area (Å²) < 4.78 is 4.81. The summed E-state index contributed by atoms with van der Waals surface area (Å²) in [4.78, 5) is 0. The molecule has 0 aliphatic carbocycles. The highest BCUT2D eigenvalue weighted by Gasteiger charge is 2.17. The van der Waals surface area contributed by atoms with Crippen LogP contribution in [0.4, 0.5) is 0 Å². The van der Waals surface area contributed by atoms with Crippen LogP contribution in [0.15, 0.2) is 20.3 Å². The van der Waals surface area contributed by atoms with Gasteiger partial charge in [0.15, 0.2) is 0 Å². The Morgan fingerprint density at radius 1 is 1.00 bits per heavy atom. The van der Waals surface area contributed by atoms with Crippen molar-refractivity contribution in [2.75, 3.05) is 6.61 Å². The molecule has 0 aromatic heterocycles. The third-order valence-electron chi connectivity index (χ3n) is 0.929. The van der Waals surface area contributed by atoms with Crippen molar-refractivity contribution in [1.29, 1.82) is 0 Å². The molecule has 0 amide bonds. The summed E-state index contributed by atoms with van der Waals surface area (Å²) in [5, 5.41) is 0.895. The number of allylic oxidation sites excluding steroid dienone is 2. The highest BCUT2D eigenvalue weighted by atomic mass is 35.5. The summed E-state index contributed by atoms with van der Waals surface area (Å²) in [5.74, 6) is 0. The van der Waals surface area contributed by atoms with Crippen LogP contribution in [0.1, 0.15) is 0 Å². The fourth-order valence-corrected chi connectivity index (χ4v) is 1.16. The van der Waals surface area contributed by atoms with Crippen LogP contribution < -0.4 is 0 Å². The largest absolute Gasteiger partial charge is 0.476 e. The molecule has 0 bridgehead atoms. The Hall–Kier alpha value is 0.440. The van der Waals surface area contributed by atoms with Crippen molar-refractivity contribution < 1.29 is 4.74 Å². The summed E-state index contributed by atoms with van der Waals surface area (Å²) in [6, 6.07) is 0. The molecule has 0 aromatic rings. The molecule has 0 atom stereocenters. The first-order chi connectivity index (χ1) is 4.63. The fourth-order valence-electron chi connectivity index (χ4n) is 0.459. The molecule has 10 heavy (non-hydrogen) atoms. The first-order valence-electron chi connectivity index (χ1n) is 2.35. The zero-order valence-corrected chi connectivity index (χ0v) is 7.65. The van der Waals surface area contributed by atoms with Crippen LogP contribution in [-0.2, 0) is 4.74 Å². The van der Waals surface area contributed by atoms with E-state index in [-0.39, 0.29) is 21.9 Å². The van der Waals surface area contributed by atoms with Gasteiger partial charge in [-0.2, -0.15) is 0 Å². The van der Waals surface area contributed by atoms with Gasteiger partial charge in [-0.25, -0.2) is 0 Å². The average Bonchev–Trinajstić information content (AvgIpc) is 1.93. The van der Waals surface area contributed by atoms with E-state index >= 15 is 0 Å². The van der Waals surface area contributed by atoms with Gasteiger partial charge in [-0.3, -0.25) is 0 Å². The van der Waals surface area contributed by atoms with Crippen LogP contribution in [0.3, 0.4) is 0 Å². The molecule has 56 valence electrons. The van der Waals surface area contributed by atoms with Crippen LogP contribution in [0.2, 0.25) is 0 Å². The van der Waals surface area contributed by atoms with E-state index in [9.17, 15) is 0 Å². The van der Waals surface area contributed by atoms with E-state index in [1.54, 1.807) is 0 Å². The van der Waals surface area contributed by atoms with Gasteiger partial charge in [0, 0.05) is 0 Å². The van der Waals surface area contributed by atoms with Crippen LogP contribution in [-0.4, -0.2) is 6.61 Å². The number of hydrogen-bond donors (Lipinski definition) is 0. The van der Waals surface area contributed by atoms with Crippen molar-refractivity contribution in [3.05, 3.63) is 20.3 Å². The van der Waals surface area contributed by atoms with Crippen LogP contribution in [0.5, 0.6) is 0 Å². The van der Waals surface area contributed by atoms with Gasteiger partial charge >= 0.3 is 0 Å². The molecule has 0 saturated heterocycles. The van der Waals surface area contributed by atoms with E-state index in [0.29, 0.717) is 5.03 Å². The summed E-state index contributed by atoms with van der Waals surface area (Å²) in [7, 11) is 0. The predicted octanol–water partition coefficient (Wildman–Crippen LogP) is 3.35. The monoisotopic (exact) mass is 218 g/mol. The van der Waals surface area contributed by atoms with Gasteiger partial charge in [0.25, 0.3) is 0 Å². The first kappa shape index (κ1) is 8.54. The van der Waals surface area contributed by atoms with Crippen molar-refractivity contribution in [2.24, 2.45) is 0 Å². The molecule has 0 saturated carbocycles. The lowest BCUT2D eigenvalue weighted by Crippen LogP contribution is -2.00. The maximum absolute atomic E-state index is 5.61. The number of rotatable bonds is 0. The summed E-state index contributed by atoms with van der Waals surface area (Å²) in [5.41, 5.74) is 0. The molecule has 0 aromatic carbocycles. The van der Waals surface area contributed by atoms with Crippen molar-refractivity contribution in [1.82, 2.24) is 0 Å². The summed E-state index contributed by atoms with van der Waals surface area (Å²) in [6.45, 7) is 0.190. The zero-order valence-electron chi connectivity index (χ0n) is 4.63. The van der Waals surface area contributed by atoms with Crippen LogP contribution >= 0.6 is 46.4 Å².